The van der Waals surface area contributed by atoms with Crippen molar-refractivity contribution in [1.82, 2.24) is 14.9 Å². The topological polar surface area (TPSA) is 72.9 Å². The SMILES string of the molecule is NC(CCc1ccccc1)C(=O)NCCCn1ccnc1. The number of aromatic nitrogens is 2. The fraction of sp³-hybridized carbons (Fsp3) is 0.375. The number of hydrogen-bond donors (Lipinski definition) is 2. The average Bonchev–Trinajstić information content (AvgIpc) is 3.03. The van der Waals surface area contributed by atoms with Crippen LogP contribution in [0.25, 0.3) is 0 Å². The molecule has 21 heavy (non-hydrogen) atoms. The first-order valence-electron chi connectivity index (χ1n) is 7.28. The summed E-state index contributed by atoms with van der Waals surface area (Å²) in [6, 6.07) is 9.63. The molecule has 0 saturated carbocycles. The maximum Gasteiger partial charge on any atom is 0.236 e. The summed E-state index contributed by atoms with van der Waals surface area (Å²) in [5, 5.41) is 2.88. The van der Waals surface area contributed by atoms with Gasteiger partial charge in [0.15, 0.2) is 0 Å². The van der Waals surface area contributed by atoms with Gasteiger partial charge in [-0.15, -0.1) is 0 Å². The molecule has 5 nitrogen and oxygen atoms in total. The highest BCUT2D eigenvalue weighted by Crippen LogP contribution is 2.04. The zero-order chi connectivity index (χ0) is 14.9. The van der Waals surface area contributed by atoms with Gasteiger partial charge in [0.2, 0.25) is 5.91 Å². The van der Waals surface area contributed by atoms with Gasteiger partial charge in [0.25, 0.3) is 0 Å². The Kier molecular flexibility index (Phi) is 5.97. The van der Waals surface area contributed by atoms with Crippen molar-refractivity contribution < 1.29 is 4.79 Å². The number of nitrogens with zero attached hydrogens (tertiary/aromatic N) is 2. The van der Waals surface area contributed by atoms with Crippen LogP contribution in [-0.4, -0.2) is 28.0 Å². The Hall–Kier alpha value is -2.14. The zero-order valence-electron chi connectivity index (χ0n) is 12.1. The van der Waals surface area contributed by atoms with E-state index in [2.05, 4.69) is 22.4 Å². The van der Waals surface area contributed by atoms with Crippen LogP contribution in [0.3, 0.4) is 0 Å². The van der Waals surface area contributed by atoms with Crippen LogP contribution >= 0.6 is 0 Å². The molecule has 1 aromatic carbocycles. The third-order valence-corrected chi connectivity index (χ3v) is 3.38. The second-order valence-electron chi connectivity index (χ2n) is 5.08. The summed E-state index contributed by atoms with van der Waals surface area (Å²) in [5.74, 6) is -0.0726. The molecule has 0 aliphatic heterocycles. The Labute approximate surface area is 125 Å². The van der Waals surface area contributed by atoms with E-state index in [1.54, 1.807) is 12.5 Å². The van der Waals surface area contributed by atoms with E-state index in [1.807, 2.05) is 29.0 Å². The summed E-state index contributed by atoms with van der Waals surface area (Å²) in [5.41, 5.74) is 7.12. The van der Waals surface area contributed by atoms with Crippen molar-refractivity contribution in [2.45, 2.75) is 31.8 Å². The van der Waals surface area contributed by atoms with Crippen LogP contribution in [-0.2, 0) is 17.8 Å². The van der Waals surface area contributed by atoms with Crippen molar-refractivity contribution in [2.75, 3.05) is 6.54 Å². The molecule has 112 valence electrons. The lowest BCUT2D eigenvalue weighted by Gasteiger charge is -2.12. The number of carbonyl (C=O) groups is 1. The molecule has 5 heteroatoms. The van der Waals surface area contributed by atoms with Gasteiger partial charge in [0.05, 0.1) is 12.4 Å². The Bertz CT molecular complexity index is 524. The van der Waals surface area contributed by atoms with Crippen LogP contribution in [0.4, 0.5) is 0 Å². The molecule has 1 aromatic heterocycles. The number of rotatable bonds is 8. The summed E-state index contributed by atoms with van der Waals surface area (Å²) in [4.78, 5) is 15.8. The number of aryl methyl sites for hydroxylation is 2. The first-order chi connectivity index (χ1) is 10.3. The number of carbonyl (C=O) groups excluding carboxylic acids is 1. The number of hydrogen-bond acceptors (Lipinski definition) is 3. The molecule has 0 fully saturated rings. The third kappa shape index (κ3) is 5.39. The first-order valence-corrected chi connectivity index (χ1v) is 7.28. The van der Waals surface area contributed by atoms with Crippen LogP contribution in [0.5, 0.6) is 0 Å². The smallest absolute Gasteiger partial charge is 0.236 e. The summed E-state index contributed by atoms with van der Waals surface area (Å²) < 4.78 is 1.99. The first kappa shape index (κ1) is 15.3. The Morgan fingerprint density at radius 3 is 2.86 bits per heavy atom. The van der Waals surface area contributed by atoms with Crippen molar-refractivity contribution in [3.63, 3.8) is 0 Å². The Balaban J connectivity index is 1.61. The average molecular weight is 286 g/mol. The minimum atomic E-state index is -0.446. The molecule has 0 spiro atoms. The molecule has 1 atom stereocenters. The zero-order valence-corrected chi connectivity index (χ0v) is 12.1. The molecule has 1 heterocycles. The molecular weight excluding hydrogens is 264 g/mol. The van der Waals surface area contributed by atoms with Crippen molar-refractivity contribution in [3.8, 4) is 0 Å². The summed E-state index contributed by atoms with van der Waals surface area (Å²) in [6.45, 7) is 1.48. The standard InChI is InChI=1S/C16H22N4O/c17-15(8-7-14-5-2-1-3-6-14)16(21)19-9-4-11-20-12-10-18-13-20/h1-3,5-6,10,12-13,15H,4,7-9,11,17H2,(H,19,21). The molecule has 1 amide bonds. The van der Waals surface area contributed by atoms with Crippen LogP contribution in [0, 0.1) is 0 Å². The highest BCUT2D eigenvalue weighted by atomic mass is 16.2. The molecule has 0 saturated heterocycles. The summed E-state index contributed by atoms with van der Waals surface area (Å²) >= 11 is 0. The molecular formula is C16H22N4O. The fourth-order valence-corrected chi connectivity index (χ4v) is 2.12. The second-order valence-corrected chi connectivity index (χ2v) is 5.08. The molecule has 1 unspecified atom stereocenters. The lowest BCUT2D eigenvalue weighted by Crippen LogP contribution is -2.41. The highest BCUT2D eigenvalue weighted by Gasteiger charge is 2.12. The number of nitrogens with one attached hydrogen (secondary N) is 1. The van der Waals surface area contributed by atoms with Gasteiger partial charge >= 0.3 is 0 Å². The summed E-state index contributed by atoms with van der Waals surface area (Å²) in [6.07, 6.45) is 7.79. The normalized spacial score (nSPS) is 12.0. The van der Waals surface area contributed by atoms with E-state index in [1.165, 1.54) is 5.56 Å². The van der Waals surface area contributed by atoms with Gasteiger partial charge < -0.3 is 15.6 Å². The lowest BCUT2D eigenvalue weighted by atomic mass is 10.1. The number of benzene rings is 1. The molecule has 2 rings (SSSR count). The van der Waals surface area contributed by atoms with Crippen molar-refractivity contribution >= 4 is 5.91 Å². The van der Waals surface area contributed by atoms with Gasteiger partial charge in [-0.3, -0.25) is 4.79 Å². The predicted octanol–water partition coefficient (Wildman–Crippen LogP) is 1.35. The van der Waals surface area contributed by atoms with E-state index < -0.39 is 6.04 Å². The lowest BCUT2D eigenvalue weighted by molar-refractivity contribution is -0.122. The highest BCUT2D eigenvalue weighted by molar-refractivity contribution is 5.81. The number of nitrogens with two attached hydrogens (primary N) is 1. The monoisotopic (exact) mass is 286 g/mol. The van der Waals surface area contributed by atoms with E-state index in [4.69, 9.17) is 5.73 Å². The molecule has 0 aliphatic rings. The quantitative estimate of drug-likeness (QED) is 0.719. The van der Waals surface area contributed by atoms with Gasteiger partial charge in [-0.25, -0.2) is 4.98 Å². The van der Waals surface area contributed by atoms with E-state index in [0.717, 1.165) is 19.4 Å². The van der Waals surface area contributed by atoms with Gasteiger partial charge in [-0.2, -0.15) is 0 Å². The predicted molar refractivity (Wildman–Crippen MR) is 82.6 cm³/mol. The van der Waals surface area contributed by atoms with Crippen molar-refractivity contribution in [2.24, 2.45) is 5.73 Å². The maximum absolute atomic E-state index is 11.9. The van der Waals surface area contributed by atoms with Gasteiger partial charge in [0, 0.05) is 25.5 Å². The second kappa shape index (κ2) is 8.21. The van der Waals surface area contributed by atoms with Crippen molar-refractivity contribution in [1.29, 1.82) is 0 Å². The van der Waals surface area contributed by atoms with E-state index in [0.29, 0.717) is 13.0 Å². The van der Waals surface area contributed by atoms with Crippen LogP contribution in [0.1, 0.15) is 18.4 Å². The van der Waals surface area contributed by atoms with E-state index in [-0.39, 0.29) is 5.91 Å². The molecule has 0 aliphatic carbocycles. The summed E-state index contributed by atoms with van der Waals surface area (Å²) in [7, 11) is 0. The van der Waals surface area contributed by atoms with Gasteiger partial charge in [0.1, 0.15) is 0 Å². The Morgan fingerprint density at radius 1 is 1.33 bits per heavy atom. The minimum Gasteiger partial charge on any atom is -0.355 e. The maximum atomic E-state index is 11.9. The largest absolute Gasteiger partial charge is 0.355 e. The van der Waals surface area contributed by atoms with E-state index in [9.17, 15) is 4.79 Å². The Morgan fingerprint density at radius 2 is 2.14 bits per heavy atom. The van der Waals surface area contributed by atoms with Gasteiger partial charge in [-0.1, -0.05) is 30.3 Å². The van der Waals surface area contributed by atoms with Crippen LogP contribution in [0.2, 0.25) is 0 Å². The number of imidazole rings is 1. The third-order valence-electron chi connectivity index (χ3n) is 3.38. The fourth-order valence-electron chi connectivity index (χ4n) is 2.12. The molecule has 0 bridgehead atoms. The van der Waals surface area contributed by atoms with E-state index >= 15 is 0 Å². The van der Waals surface area contributed by atoms with Crippen molar-refractivity contribution in [3.05, 3.63) is 54.6 Å². The molecule has 0 radical (unpaired) electrons. The number of amides is 1. The minimum absolute atomic E-state index is 0.0726. The van der Waals surface area contributed by atoms with Crippen LogP contribution < -0.4 is 11.1 Å². The van der Waals surface area contributed by atoms with Gasteiger partial charge in [-0.05, 0) is 24.8 Å². The van der Waals surface area contributed by atoms with Crippen LogP contribution in [0.15, 0.2) is 49.1 Å². The molecule has 3 N–H and O–H groups in total. The molecule has 2 aromatic rings.